The number of carbonyl (C=O) groups excluding carboxylic acids is 1. The molecule has 2 aromatic rings. The number of hydrogen-bond donors (Lipinski definition) is 3. The van der Waals surface area contributed by atoms with E-state index < -0.39 is 5.97 Å². The Morgan fingerprint density at radius 3 is 1.56 bits per heavy atom. The van der Waals surface area contributed by atoms with E-state index in [9.17, 15) is 9.59 Å². The van der Waals surface area contributed by atoms with Crippen LogP contribution < -0.4 is 0 Å². The van der Waals surface area contributed by atoms with Gasteiger partial charge in [-0.05, 0) is 61.1 Å². The quantitative estimate of drug-likeness (QED) is 0.609. The molecule has 0 aliphatic heterocycles. The molecule has 2 rings (SSSR count). The number of carbonyl (C=O) groups is 2. The number of esters is 1. The summed E-state index contributed by atoms with van der Waals surface area (Å²) < 4.78 is 4.53. The lowest BCUT2D eigenvalue weighted by Crippen LogP contribution is -2.00. The highest BCUT2D eigenvalue weighted by Gasteiger charge is 2.00. The third-order valence-corrected chi connectivity index (χ3v) is 3.80. The minimum absolute atomic E-state index is 0.177. The average Bonchev–Trinajstić information content (AvgIpc) is 2.65. The average molecular weight is 374 g/mol. The molecule has 0 spiro atoms. The van der Waals surface area contributed by atoms with Gasteiger partial charge in [0.05, 0.1) is 7.11 Å². The number of phenols is 2. The van der Waals surface area contributed by atoms with E-state index in [1.165, 1.54) is 7.11 Å². The van der Waals surface area contributed by atoms with Crippen molar-refractivity contribution >= 4 is 11.9 Å². The number of ether oxygens (including phenoxy) is 1. The van der Waals surface area contributed by atoms with Crippen LogP contribution in [0.4, 0.5) is 0 Å². The van der Waals surface area contributed by atoms with E-state index in [1.54, 1.807) is 36.4 Å². The molecular formula is C21H26O6. The Balaban J connectivity index is 0.000000271. The Kier molecular flexibility index (Phi) is 10.1. The predicted molar refractivity (Wildman–Crippen MR) is 102 cm³/mol. The molecule has 146 valence electrons. The van der Waals surface area contributed by atoms with Gasteiger partial charge in [-0.25, -0.2) is 0 Å². The molecule has 0 unspecified atom stereocenters. The fourth-order valence-corrected chi connectivity index (χ4v) is 2.31. The first kappa shape index (κ1) is 22.0. The molecule has 0 heterocycles. The third-order valence-electron chi connectivity index (χ3n) is 3.80. The first-order chi connectivity index (χ1) is 12.9. The highest BCUT2D eigenvalue weighted by molar-refractivity contribution is 5.69. The van der Waals surface area contributed by atoms with Crippen LogP contribution in [0.2, 0.25) is 0 Å². The molecule has 6 heteroatoms. The summed E-state index contributed by atoms with van der Waals surface area (Å²) in [5, 5.41) is 26.4. The molecule has 3 N–H and O–H groups in total. The molecule has 0 atom stereocenters. The molecule has 0 amide bonds. The largest absolute Gasteiger partial charge is 0.508 e. The number of aryl methyl sites for hydroxylation is 2. The standard InChI is InChI=1S/C11H14O3.C10H12O3/c1-14-11(13)4-2-3-9-5-7-10(12)8-6-9;11-9-6-4-8(5-7-9)2-1-3-10(12)13/h5-8,12H,2-4H2,1H3;4-7,11H,1-3H2,(H,12,13). The summed E-state index contributed by atoms with van der Waals surface area (Å²) in [6.45, 7) is 0. The van der Waals surface area contributed by atoms with E-state index in [0.29, 0.717) is 12.8 Å². The van der Waals surface area contributed by atoms with Crippen molar-refractivity contribution in [3.05, 3.63) is 59.7 Å². The molecule has 27 heavy (non-hydrogen) atoms. The van der Waals surface area contributed by atoms with Crippen molar-refractivity contribution in [1.29, 1.82) is 0 Å². The van der Waals surface area contributed by atoms with Crippen molar-refractivity contribution in [3.8, 4) is 11.5 Å². The topological polar surface area (TPSA) is 104 Å². The number of carboxylic acids is 1. The summed E-state index contributed by atoms with van der Waals surface area (Å²) in [6.07, 6.45) is 3.62. The molecule has 0 fully saturated rings. The van der Waals surface area contributed by atoms with E-state index in [-0.39, 0.29) is 23.9 Å². The van der Waals surface area contributed by atoms with Crippen molar-refractivity contribution in [3.63, 3.8) is 0 Å². The van der Waals surface area contributed by atoms with Crippen LogP contribution in [-0.2, 0) is 27.2 Å². The normalized spacial score (nSPS) is 9.81. The van der Waals surface area contributed by atoms with Gasteiger partial charge in [0.1, 0.15) is 11.5 Å². The van der Waals surface area contributed by atoms with Crippen LogP contribution in [0.15, 0.2) is 48.5 Å². The summed E-state index contributed by atoms with van der Waals surface area (Å²) in [5.74, 6) is -0.439. The molecule has 0 aromatic heterocycles. The summed E-state index contributed by atoms with van der Waals surface area (Å²) in [6, 6.07) is 13.8. The summed E-state index contributed by atoms with van der Waals surface area (Å²) >= 11 is 0. The molecule has 0 saturated carbocycles. The molecular weight excluding hydrogens is 348 g/mol. The Hall–Kier alpha value is -3.02. The van der Waals surface area contributed by atoms with Crippen molar-refractivity contribution in [2.24, 2.45) is 0 Å². The zero-order valence-electron chi connectivity index (χ0n) is 15.4. The van der Waals surface area contributed by atoms with Crippen LogP contribution in [0.5, 0.6) is 11.5 Å². The summed E-state index contributed by atoms with van der Waals surface area (Å²) in [7, 11) is 1.39. The van der Waals surface area contributed by atoms with Crippen LogP contribution in [0.25, 0.3) is 0 Å². The van der Waals surface area contributed by atoms with Gasteiger partial charge < -0.3 is 20.1 Å². The van der Waals surface area contributed by atoms with Gasteiger partial charge in [-0.1, -0.05) is 24.3 Å². The summed E-state index contributed by atoms with van der Waals surface area (Å²) in [5.41, 5.74) is 2.17. The van der Waals surface area contributed by atoms with Crippen LogP contribution in [0, 0.1) is 0 Å². The smallest absolute Gasteiger partial charge is 0.305 e. The SMILES string of the molecule is COC(=O)CCCc1ccc(O)cc1.O=C(O)CCCc1ccc(O)cc1. The maximum atomic E-state index is 10.8. The molecule has 0 radical (unpaired) electrons. The van der Waals surface area contributed by atoms with Crippen molar-refractivity contribution in [1.82, 2.24) is 0 Å². The second kappa shape index (κ2) is 12.4. The van der Waals surface area contributed by atoms with Gasteiger partial charge in [0.25, 0.3) is 0 Å². The fourth-order valence-electron chi connectivity index (χ4n) is 2.31. The van der Waals surface area contributed by atoms with Gasteiger partial charge in [0.15, 0.2) is 0 Å². The zero-order valence-corrected chi connectivity index (χ0v) is 15.4. The second-order valence-corrected chi connectivity index (χ2v) is 6.01. The molecule has 2 aromatic carbocycles. The molecule has 0 bridgehead atoms. The highest BCUT2D eigenvalue weighted by Crippen LogP contribution is 2.12. The van der Waals surface area contributed by atoms with E-state index in [0.717, 1.165) is 30.4 Å². The number of methoxy groups -OCH3 is 1. The Bertz CT molecular complexity index is 692. The van der Waals surface area contributed by atoms with Gasteiger partial charge in [0.2, 0.25) is 0 Å². The number of phenolic OH excluding ortho intramolecular Hbond substituents is 2. The highest BCUT2D eigenvalue weighted by atomic mass is 16.5. The third kappa shape index (κ3) is 10.5. The first-order valence-corrected chi connectivity index (χ1v) is 8.75. The number of carboxylic acid groups (broad SMARTS) is 1. The Morgan fingerprint density at radius 1 is 0.778 bits per heavy atom. The van der Waals surface area contributed by atoms with Crippen LogP contribution in [-0.4, -0.2) is 34.4 Å². The van der Waals surface area contributed by atoms with Crippen LogP contribution in [0.1, 0.15) is 36.8 Å². The van der Waals surface area contributed by atoms with Crippen LogP contribution in [0.3, 0.4) is 0 Å². The lowest BCUT2D eigenvalue weighted by molar-refractivity contribution is -0.140. The van der Waals surface area contributed by atoms with Crippen molar-refractivity contribution < 1.29 is 29.6 Å². The fraction of sp³-hybridized carbons (Fsp3) is 0.333. The summed E-state index contributed by atoms with van der Waals surface area (Å²) in [4.78, 5) is 21.0. The first-order valence-electron chi connectivity index (χ1n) is 8.75. The molecule has 0 aliphatic rings. The Labute approximate surface area is 159 Å². The van der Waals surface area contributed by atoms with Crippen molar-refractivity contribution in [2.75, 3.05) is 7.11 Å². The van der Waals surface area contributed by atoms with Gasteiger partial charge >= 0.3 is 11.9 Å². The van der Waals surface area contributed by atoms with Crippen molar-refractivity contribution in [2.45, 2.75) is 38.5 Å². The maximum absolute atomic E-state index is 10.8. The number of rotatable bonds is 8. The van der Waals surface area contributed by atoms with E-state index in [1.807, 2.05) is 12.1 Å². The van der Waals surface area contributed by atoms with E-state index in [2.05, 4.69) is 4.74 Å². The Morgan fingerprint density at radius 2 is 1.19 bits per heavy atom. The monoisotopic (exact) mass is 374 g/mol. The number of aliphatic carboxylic acids is 1. The zero-order chi connectivity index (χ0) is 20.1. The van der Waals surface area contributed by atoms with Gasteiger partial charge in [0, 0.05) is 12.8 Å². The second-order valence-electron chi connectivity index (χ2n) is 6.01. The lowest BCUT2D eigenvalue weighted by atomic mass is 10.1. The van der Waals surface area contributed by atoms with Gasteiger partial charge in [-0.15, -0.1) is 0 Å². The maximum Gasteiger partial charge on any atom is 0.305 e. The van der Waals surface area contributed by atoms with Crippen LogP contribution >= 0.6 is 0 Å². The van der Waals surface area contributed by atoms with E-state index in [4.69, 9.17) is 15.3 Å². The minimum Gasteiger partial charge on any atom is -0.508 e. The molecule has 0 aliphatic carbocycles. The predicted octanol–water partition coefficient (Wildman–Crippen LogP) is 3.69. The number of benzene rings is 2. The molecule has 6 nitrogen and oxygen atoms in total. The van der Waals surface area contributed by atoms with Gasteiger partial charge in [-0.3, -0.25) is 9.59 Å². The lowest BCUT2D eigenvalue weighted by Gasteiger charge is -2.00. The van der Waals surface area contributed by atoms with E-state index >= 15 is 0 Å². The van der Waals surface area contributed by atoms with Gasteiger partial charge in [-0.2, -0.15) is 0 Å². The minimum atomic E-state index is -0.765. The number of aromatic hydroxyl groups is 2. The molecule has 0 saturated heterocycles. The number of hydrogen-bond acceptors (Lipinski definition) is 5.